The molecule has 0 saturated carbocycles. The maximum absolute atomic E-state index is 12.1. The van der Waals surface area contributed by atoms with E-state index in [4.69, 9.17) is 4.42 Å². The Bertz CT molecular complexity index is 887. The van der Waals surface area contributed by atoms with Crippen LogP contribution in [0.2, 0.25) is 0 Å². The van der Waals surface area contributed by atoms with Crippen molar-refractivity contribution in [1.29, 1.82) is 0 Å². The van der Waals surface area contributed by atoms with Crippen LogP contribution >= 0.6 is 0 Å². The van der Waals surface area contributed by atoms with Crippen LogP contribution in [0.5, 0.6) is 0 Å². The van der Waals surface area contributed by atoms with E-state index in [0.29, 0.717) is 12.1 Å². The second kappa shape index (κ2) is 7.61. The fourth-order valence-corrected chi connectivity index (χ4v) is 2.44. The molecule has 2 aromatic heterocycles. The fraction of sp³-hybridized carbons (Fsp3) is 0.211. The highest BCUT2D eigenvalue weighted by atomic mass is 16.3. The van der Waals surface area contributed by atoms with Crippen LogP contribution in [0, 0.1) is 6.92 Å². The van der Waals surface area contributed by atoms with E-state index in [1.165, 1.54) is 0 Å². The minimum absolute atomic E-state index is 0.135. The molecule has 0 saturated heterocycles. The number of amides is 2. The van der Waals surface area contributed by atoms with Gasteiger partial charge in [-0.2, -0.15) is 0 Å². The summed E-state index contributed by atoms with van der Waals surface area (Å²) in [4.78, 5) is 27.9. The van der Waals surface area contributed by atoms with Gasteiger partial charge in [-0.15, -0.1) is 0 Å². The maximum atomic E-state index is 12.1. The van der Waals surface area contributed by atoms with Crippen LogP contribution in [-0.4, -0.2) is 23.3 Å². The molecule has 0 aliphatic carbocycles. The van der Waals surface area contributed by atoms with Gasteiger partial charge in [0, 0.05) is 37.3 Å². The lowest BCUT2D eigenvalue weighted by atomic mass is 10.2. The standard InChI is InChI=1S/C19H19N3O3/c1-13-4-5-16-15(9-13)10-17(25-16)19(24)21-8-6-18(23)22-12-14-3-2-7-20-11-14/h2-5,7,9-11H,6,8,12H2,1H3,(H,21,24)(H,22,23). The molecule has 128 valence electrons. The molecule has 6 heteroatoms. The molecule has 2 heterocycles. The highest BCUT2D eigenvalue weighted by Crippen LogP contribution is 2.20. The van der Waals surface area contributed by atoms with Gasteiger partial charge in [0.25, 0.3) is 5.91 Å². The molecular formula is C19H19N3O3. The number of hydrogen-bond acceptors (Lipinski definition) is 4. The molecule has 0 spiro atoms. The number of pyridine rings is 1. The number of benzene rings is 1. The number of furan rings is 1. The number of nitrogens with zero attached hydrogens (tertiary/aromatic N) is 1. The van der Waals surface area contributed by atoms with E-state index in [9.17, 15) is 9.59 Å². The van der Waals surface area contributed by atoms with Gasteiger partial charge in [-0.1, -0.05) is 17.7 Å². The van der Waals surface area contributed by atoms with Crippen molar-refractivity contribution < 1.29 is 14.0 Å². The van der Waals surface area contributed by atoms with Crippen molar-refractivity contribution in [2.24, 2.45) is 0 Å². The lowest BCUT2D eigenvalue weighted by Gasteiger charge is -2.05. The molecule has 0 aliphatic rings. The Kier molecular flexibility index (Phi) is 5.09. The zero-order valence-corrected chi connectivity index (χ0v) is 13.9. The summed E-state index contributed by atoms with van der Waals surface area (Å²) >= 11 is 0. The Balaban J connectivity index is 1.46. The van der Waals surface area contributed by atoms with Crippen LogP contribution in [0.1, 0.15) is 28.1 Å². The molecular weight excluding hydrogens is 318 g/mol. The summed E-state index contributed by atoms with van der Waals surface area (Å²) in [5, 5.41) is 6.37. The molecule has 3 aromatic rings. The van der Waals surface area contributed by atoms with E-state index in [-0.39, 0.29) is 30.5 Å². The largest absolute Gasteiger partial charge is 0.451 e. The summed E-state index contributed by atoms with van der Waals surface area (Å²) in [6, 6.07) is 11.1. The highest BCUT2D eigenvalue weighted by Gasteiger charge is 2.12. The number of rotatable bonds is 6. The number of carbonyl (C=O) groups excluding carboxylic acids is 2. The zero-order chi connectivity index (χ0) is 17.6. The topological polar surface area (TPSA) is 84.2 Å². The van der Waals surface area contributed by atoms with Gasteiger partial charge in [0.15, 0.2) is 5.76 Å². The Hall–Kier alpha value is -3.15. The summed E-state index contributed by atoms with van der Waals surface area (Å²) in [6.07, 6.45) is 3.58. The van der Waals surface area contributed by atoms with Crippen molar-refractivity contribution in [3.05, 3.63) is 65.7 Å². The minimum atomic E-state index is -0.325. The minimum Gasteiger partial charge on any atom is -0.451 e. The summed E-state index contributed by atoms with van der Waals surface area (Å²) in [5.41, 5.74) is 2.70. The fourth-order valence-electron chi connectivity index (χ4n) is 2.44. The molecule has 0 atom stereocenters. The van der Waals surface area contributed by atoms with E-state index in [1.807, 2.05) is 37.3 Å². The van der Waals surface area contributed by atoms with Crippen molar-refractivity contribution in [2.45, 2.75) is 19.9 Å². The number of hydrogen-bond donors (Lipinski definition) is 2. The first-order valence-electron chi connectivity index (χ1n) is 8.06. The first-order chi connectivity index (χ1) is 12.1. The Morgan fingerprint density at radius 3 is 2.84 bits per heavy atom. The van der Waals surface area contributed by atoms with E-state index >= 15 is 0 Å². The number of aryl methyl sites for hydroxylation is 1. The number of fused-ring (bicyclic) bond motifs is 1. The SMILES string of the molecule is Cc1ccc2oc(C(=O)NCCC(=O)NCc3cccnc3)cc2c1. The number of carbonyl (C=O) groups is 2. The molecule has 25 heavy (non-hydrogen) atoms. The molecule has 0 fully saturated rings. The van der Waals surface area contributed by atoms with Crippen molar-refractivity contribution in [3.8, 4) is 0 Å². The van der Waals surface area contributed by atoms with Crippen LogP contribution in [-0.2, 0) is 11.3 Å². The van der Waals surface area contributed by atoms with Crippen molar-refractivity contribution in [3.63, 3.8) is 0 Å². The van der Waals surface area contributed by atoms with Gasteiger partial charge in [0.2, 0.25) is 5.91 Å². The predicted molar refractivity (Wildman–Crippen MR) is 94.0 cm³/mol. The number of nitrogens with one attached hydrogen (secondary N) is 2. The first-order valence-corrected chi connectivity index (χ1v) is 8.06. The monoisotopic (exact) mass is 337 g/mol. The van der Waals surface area contributed by atoms with Crippen LogP contribution in [0.25, 0.3) is 11.0 Å². The van der Waals surface area contributed by atoms with Gasteiger partial charge < -0.3 is 15.1 Å². The number of aromatic nitrogens is 1. The van der Waals surface area contributed by atoms with E-state index < -0.39 is 0 Å². The summed E-state index contributed by atoms with van der Waals surface area (Å²) in [7, 11) is 0. The van der Waals surface area contributed by atoms with E-state index in [0.717, 1.165) is 16.5 Å². The molecule has 3 rings (SSSR count). The lowest BCUT2D eigenvalue weighted by Crippen LogP contribution is -2.30. The Labute approximate surface area is 145 Å². The van der Waals surface area contributed by atoms with Crippen molar-refractivity contribution >= 4 is 22.8 Å². The molecule has 6 nitrogen and oxygen atoms in total. The molecule has 2 amide bonds. The third-order valence-electron chi connectivity index (χ3n) is 3.75. The summed E-state index contributed by atoms with van der Waals surface area (Å²) in [5.74, 6) is -0.213. The quantitative estimate of drug-likeness (QED) is 0.724. The van der Waals surface area contributed by atoms with Gasteiger partial charge >= 0.3 is 0 Å². The molecule has 0 aliphatic heterocycles. The first kappa shape index (κ1) is 16.7. The van der Waals surface area contributed by atoms with Gasteiger partial charge in [0.05, 0.1) is 0 Å². The predicted octanol–water partition coefficient (Wildman–Crippen LogP) is 2.57. The summed E-state index contributed by atoms with van der Waals surface area (Å²) < 4.78 is 5.53. The van der Waals surface area contributed by atoms with Crippen molar-refractivity contribution in [2.75, 3.05) is 6.54 Å². The zero-order valence-electron chi connectivity index (χ0n) is 13.9. The van der Waals surface area contributed by atoms with E-state index in [1.54, 1.807) is 18.5 Å². The van der Waals surface area contributed by atoms with Crippen molar-refractivity contribution in [1.82, 2.24) is 15.6 Å². The van der Waals surface area contributed by atoms with Gasteiger partial charge in [0.1, 0.15) is 5.58 Å². The van der Waals surface area contributed by atoms with E-state index in [2.05, 4.69) is 15.6 Å². The molecule has 0 radical (unpaired) electrons. The van der Waals surface area contributed by atoms with Crippen LogP contribution in [0.4, 0.5) is 0 Å². The van der Waals surface area contributed by atoms with Crippen LogP contribution in [0.15, 0.2) is 53.2 Å². The van der Waals surface area contributed by atoms with Gasteiger partial charge in [-0.25, -0.2) is 0 Å². The highest BCUT2D eigenvalue weighted by molar-refractivity contribution is 5.96. The van der Waals surface area contributed by atoms with Crippen LogP contribution < -0.4 is 10.6 Å². The normalized spacial score (nSPS) is 10.6. The second-order valence-corrected chi connectivity index (χ2v) is 5.80. The second-order valence-electron chi connectivity index (χ2n) is 5.80. The molecule has 1 aromatic carbocycles. The molecule has 0 unspecified atom stereocenters. The lowest BCUT2D eigenvalue weighted by molar-refractivity contribution is -0.121. The third kappa shape index (κ3) is 4.44. The Morgan fingerprint density at radius 2 is 2.04 bits per heavy atom. The summed E-state index contributed by atoms with van der Waals surface area (Å²) in [6.45, 7) is 2.65. The third-order valence-corrected chi connectivity index (χ3v) is 3.75. The van der Waals surface area contributed by atoms with Gasteiger partial charge in [-0.3, -0.25) is 14.6 Å². The van der Waals surface area contributed by atoms with Crippen LogP contribution in [0.3, 0.4) is 0 Å². The Morgan fingerprint density at radius 1 is 1.16 bits per heavy atom. The van der Waals surface area contributed by atoms with Gasteiger partial charge in [-0.05, 0) is 36.8 Å². The molecule has 0 bridgehead atoms. The average molecular weight is 337 g/mol. The molecule has 2 N–H and O–H groups in total. The smallest absolute Gasteiger partial charge is 0.287 e. The maximum Gasteiger partial charge on any atom is 0.287 e. The average Bonchev–Trinajstić information content (AvgIpc) is 3.04.